The molecule has 0 aliphatic carbocycles. The molecule has 1 aromatic heterocycles. The van der Waals surface area contributed by atoms with Crippen molar-refractivity contribution in [1.29, 1.82) is 0 Å². The number of thiophene rings is 1. The van der Waals surface area contributed by atoms with Gasteiger partial charge >= 0.3 is 0 Å². The summed E-state index contributed by atoms with van der Waals surface area (Å²) >= 11 is 3.69. The number of thioether (sulfide) groups is 1. The average molecular weight is 258 g/mol. The Morgan fingerprint density at radius 3 is 2.81 bits per heavy atom. The topological polar surface area (TPSA) is 29.3 Å². The molecule has 2 atom stereocenters. The molecule has 0 radical (unpaired) electrons. The fraction of sp³-hybridized carbons (Fsp3) is 0.667. The van der Waals surface area contributed by atoms with Crippen LogP contribution >= 0.6 is 23.1 Å². The third-order valence-corrected chi connectivity index (χ3v) is 4.37. The molecule has 0 aromatic carbocycles. The molecule has 1 heterocycles. The molecule has 0 saturated carbocycles. The van der Waals surface area contributed by atoms with Crippen molar-refractivity contribution in [2.45, 2.75) is 25.4 Å². The van der Waals surface area contributed by atoms with E-state index in [-0.39, 0.29) is 6.04 Å². The molecule has 0 amide bonds. The summed E-state index contributed by atoms with van der Waals surface area (Å²) in [6.07, 6.45) is 3.17. The number of nitrogens with two attached hydrogens (primary N) is 1. The van der Waals surface area contributed by atoms with E-state index in [1.54, 1.807) is 0 Å². The lowest BCUT2D eigenvalue weighted by Gasteiger charge is -2.31. The summed E-state index contributed by atoms with van der Waals surface area (Å²) in [5, 5.41) is 2.13. The van der Waals surface area contributed by atoms with Crippen LogP contribution in [0.3, 0.4) is 0 Å². The third-order valence-electron chi connectivity index (χ3n) is 2.83. The molecule has 2 nitrogen and oxygen atoms in total. The summed E-state index contributed by atoms with van der Waals surface area (Å²) in [5.74, 6) is 1.16. The van der Waals surface area contributed by atoms with Crippen LogP contribution in [-0.4, -0.2) is 36.5 Å². The van der Waals surface area contributed by atoms with E-state index in [1.807, 2.05) is 23.1 Å². The second-order valence-corrected chi connectivity index (χ2v) is 5.97. The molecule has 2 unspecified atom stereocenters. The van der Waals surface area contributed by atoms with Crippen LogP contribution < -0.4 is 5.73 Å². The van der Waals surface area contributed by atoms with Crippen molar-refractivity contribution in [2.75, 3.05) is 25.6 Å². The fourth-order valence-electron chi connectivity index (χ4n) is 1.81. The first-order valence-corrected chi connectivity index (χ1v) is 7.96. The van der Waals surface area contributed by atoms with Gasteiger partial charge in [-0.15, -0.1) is 11.3 Å². The number of nitrogens with zero attached hydrogens (tertiary/aromatic N) is 1. The Bertz CT molecular complexity index is 275. The van der Waals surface area contributed by atoms with Crippen molar-refractivity contribution in [3.8, 4) is 0 Å². The van der Waals surface area contributed by atoms with Crippen molar-refractivity contribution in [3.63, 3.8) is 0 Å². The maximum Gasteiger partial charge on any atom is 0.0591 e. The standard InChI is InChI=1S/C12H22N2S2/c1-4-10(13)12(11-6-5-8-16-11)14(2)7-9-15-3/h5-6,8,10,12H,4,7,9,13H2,1-3H3. The molecular formula is C12H22N2S2. The zero-order valence-corrected chi connectivity index (χ0v) is 12.0. The molecule has 92 valence electrons. The zero-order chi connectivity index (χ0) is 12.0. The van der Waals surface area contributed by atoms with Crippen LogP contribution in [0.4, 0.5) is 0 Å². The predicted octanol–water partition coefficient (Wildman–Crippen LogP) is 2.82. The predicted molar refractivity (Wildman–Crippen MR) is 76.3 cm³/mol. The molecule has 1 rings (SSSR count). The Labute approximate surface area is 107 Å². The normalized spacial score (nSPS) is 15.3. The van der Waals surface area contributed by atoms with Crippen LogP contribution in [0, 0.1) is 0 Å². The molecule has 0 bridgehead atoms. The van der Waals surface area contributed by atoms with Gasteiger partial charge in [-0.05, 0) is 31.2 Å². The third kappa shape index (κ3) is 3.77. The molecule has 4 heteroatoms. The smallest absolute Gasteiger partial charge is 0.0591 e. The number of rotatable bonds is 7. The van der Waals surface area contributed by atoms with Crippen LogP contribution in [0.15, 0.2) is 17.5 Å². The summed E-state index contributed by atoms with van der Waals surface area (Å²) in [4.78, 5) is 3.77. The van der Waals surface area contributed by atoms with E-state index < -0.39 is 0 Å². The van der Waals surface area contributed by atoms with Gasteiger partial charge in [-0.2, -0.15) is 11.8 Å². The van der Waals surface area contributed by atoms with E-state index in [2.05, 4.69) is 42.6 Å². The van der Waals surface area contributed by atoms with Gasteiger partial charge in [-0.1, -0.05) is 13.0 Å². The maximum atomic E-state index is 6.24. The molecule has 0 aliphatic heterocycles. The summed E-state index contributed by atoms with van der Waals surface area (Å²) in [6, 6.07) is 4.90. The van der Waals surface area contributed by atoms with E-state index in [0.717, 1.165) is 18.7 Å². The Balaban J connectivity index is 2.71. The Morgan fingerprint density at radius 1 is 1.56 bits per heavy atom. The largest absolute Gasteiger partial charge is 0.326 e. The Morgan fingerprint density at radius 2 is 2.31 bits per heavy atom. The second-order valence-electron chi connectivity index (χ2n) is 4.01. The summed E-state index contributed by atoms with van der Waals surface area (Å²) in [5.41, 5.74) is 6.24. The van der Waals surface area contributed by atoms with Crippen molar-refractivity contribution >= 4 is 23.1 Å². The van der Waals surface area contributed by atoms with Gasteiger partial charge in [-0.3, -0.25) is 4.90 Å². The van der Waals surface area contributed by atoms with Crippen LogP contribution in [-0.2, 0) is 0 Å². The van der Waals surface area contributed by atoms with Crippen molar-refractivity contribution in [2.24, 2.45) is 5.73 Å². The van der Waals surface area contributed by atoms with E-state index >= 15 is 0 Å². The van der Waals surface area contributed by atoms with E-state index in [0.29, 0.717) is 6.04 Å². The zero-order valence-electron chi connectivity index (χ0n) is 10.3. The summed E-state index contributed by atoms with van der Waals surface area (Å²) in [7, 11) is 2.18. The van der Waals surface area contributed by atoms with Gasteiger partial charge in [-0.25, -0.2) is 0 Å². The highest BCUT2D eigenvalue weighted by Crippen LogP contribution is 2.27. The molecule has 0 aliphatic rings. The van der Waals surface area contributed by atoms with Crippen LogP contribution in [0.2, 0.25) is 0 Å². The molecule has 0 saturated heterocycles. The first kappa shape index (κ1) is 14.0. The van der Waals surface area contributed by atoms with E-state index in [9.17, 15) is 0 Å². The number of likely N-dealkylation sites (N-methyl/N-ethyl adjacent to an activating group) is 1. The van der Waals surface area contributed by atoms with Crippen LogP contribution in [0.1, 0.15) is 24.3 Å². The monoisotopic (exact) mass is 258 g/mol. The van der Waals surface area contributed by atoms with Gasteiger partial charge in [0.25, 0.3) is 0 Å². The molecule has 16 heavy (non-hydrogen) atoms. The lowest BCUT2D eigenvalue weighted by atomic mass is 10.0. The first-order chi connectivity index (χ1) is 7.70. The second kappa shape index (κ2) is 7.33. The Kier molecular flexibility index (Phi) is 6.43. The van der Waals surface area contributed by atoms with Gasteiger partial charge in [0.1, 0.15) is 0 Å². The lowest BCUT2D eigenvalue weighted by molar-refractivity contribution is 0.225. The van der Waals surface area contributed by atoms with Gasteiger partial charge < -0.3 is 5.73 Å². The Hall–Kier alpha value is -0.0300. The minimum atomic E-state index is 0.227. The summed E-state index contributed by atoms with van der Waals surface area (Å²) < 4.78 is 0. The number of hydrogen-bond donors (Lipinski definition) is 1. The van der Waals surface area contributed by atoms with Crippen LogP contribution in [0.25, 0.3) is 0 Å². The highest BCUT2D eigenvalue weighted by molar-refractivity contribution is 7.98. The van der Waals surface area contributed by atoms with Crippen molar-refractivity contribution < 1.29 is 0 Å². The van der Waals surface area contributed by atoms with Crippen LogP contribution in [0.5, 0.6) is 0 Å². The van der Waals surface area contributed by atoms with E-state index in [1.165, 1.54) is 4.88 Å². The highest BCUT2D eigenvalue weighted by Gasteiger charge is 2.23. The lowest BCUT2D eigenvalue weighted by Crippen LogP contribution is -2.39. The first-order valence-electron chi connectivity index (χ1n) is 5.68. The van der Waals surface area contributed by atoms with E-state index in [4.69, 9.17) is 5.73 Å². The quantitative estimate of drug-likeness (QED) is 0.815. The maximum absolute atomic E-state index is 6.24. The molecule has 0 fully saturated rings. The summed E-state index contributed by atoms with van der Waals surface area (Å²) in [6.45, 7) is 3.26. The van der Waals surface area contributed by atoms with Gasteiger partial charge in [0.15, 0.2) is 0 Å². The SMILES string of the molecule is CCC(N)C(c1cccs1)N(C)CCSC. The average Bonchev–Trinajstić information content (AvgIpc) is 2.79. The van der Waals surface area contributed by atoms with Crippen molar-refractivity contribution in [3.05, 3.63) is 22.4 Å². The minimum absolute atomic E-state index is 0.227. The van der Waals surface area contributed by atoms with Crippen molar-refractivity contribution in [1.82, 2.24) is 4.90 Å². The molecular weight excluding hydrogens is 236 g/mol. The van der Waals surface area contributed by atoms with Gasteiger partial charge in [0, 0.05) is 23.2 Å². The van der Waals surface area contributed by atoms with Gasteiger partial charge in [0.2, 0.25) is 0 Å². The number of hydrogen-bond acceptors (Lipinski definition) is 4. The van der Waals surface area contributed by atoms with Gasteiger partial charge in [0.05, 0.1) is 6.04 Å². The molecule has 1 aromatic rings. The fourth-order valence-corrected chi connectivity index (χ4v) is 3.25. The molecule has 0 spiro atoms. The molecule has 2 N–H and O–H groups in total. The minimum Gasteiger partial charge on any atom is -0.326 e. The highest BCUT2D eigenvalue weighted by atomic mass is 32.2.